The third-order valence-electron chi connectivity index (χ3n) is 5.06. The number of benzene rings is 3. The minimum absolute atomic E-state index is 0.0862. The number of hydrazone groups is 1. The summed E-state index contributed by atoms with van der Waals surface area (Å²) in [7, 11) is -2.52. The molecule has 3 rings (SSSR count). The summed E-state index contributed by atoms with van der Waals surface area (Å²) in [5, 5.41) is 4.14. The molecule has 0 radical (unpaired) electrons. The first-order chi connectivity index (χ1) is 15.7. The van der Waals surface area contributed by atoms with Crippen molar-refractivity contribution in [2.75, 3.05) is 18.0 Å². The van der Waals surface area contributed by atoms with Gasteiger partial charge >= 0.3 is 0 Å². The van der Waals surface area contributed by atoms with E-state index in [1.807, 2.05) is 38.1 Å². The van der Waals surface area contributed by atoms with Gasteiger partial charge in [0.2, 0.25) is 0 Å². The molecule has 0 aliphatic rings. The van der Waals surface area contributed by atoms with Gasteiger partial charge in [0.25, 0.3) is 15.9 Å². The normalized spacial score (nSPS) is 11.7. The van der Waals surface area contributed by atoms with E-state index in [9.17, 15) is 13.2 Å². The van der Waals surface area contributed by atoms with Gasteiger partial charge in [0.1, 0.15) is 12.3 Å². The van der Waals surface area contributed by atoms with E-state index in [4.69, 9.17) is 4.74 Å². The lowest BCUT2D eigenvalue weighted by atomic mass is 10.1. The third-order valence-corrected chi connectivity index (χ3v) is 6.84. The Balaban J connectivity index is 1.89. The van der Waals surface area contributed by atoms with E-state index < -0.39 is 22.5 Å². The number of carbonyl (C=O) groups excluding carboxylic acids is 1. The van der Waals surface area contributed by atoms with Crippen LogP contribution in [0, 0.1) is 13.8 Å². The number of aryl methyl sites for hydroxylation is 2. The molecule has 0 bridgehead atoms. The summed E-state index contributed by atoms with van der Waals surface area (Å²) in [5.41, 5.74) is 6.29. The van der Waals surface area contributed by atoms with Gasteiger partial charge in [0.15, 0.2) is 0 Å². The van der Waals surface area contributed by atoms with Gasteiger partial charge in [-0.2, -0.15) is 5.10 Å². The molecule has 1 N–H and O–H groups in total. The summed E-state index contributed by atoms with van der Waals surface area (Å²) in [6, 6.07) is 20.8. The van der Waals surface area contributed by atoms with E-state index in [1.165, 1.54) is 19.2 Å². The molecule has 0 heterocycles. The molecule has 0 saturated carbocycles. The lowest BCUT2D eigenvalue weighted by Crippen LogP contribution is -2.39. The number of nitrogens with one attached hydrogen (secondary N) is 1. The van der Waals surface area contributed by atoms with Gasteiger partial charge in [-0.1, -0.05) is 53.6 Å². The molecule has 0 atom stereocenters. The SMILES string of the molecule is COc1cccc(N(CC(=O)N/N=C(/C)c2ccc(C)cc2)S(=O)(=O)c2ccc(C)cc2)c1. The van der Waals surface area contributed by atoms with Gasteiger partial charge in [0.05, 0.1) is 23.4 Å². The highest BCUT2D eigenvalue weighted by molar-refractivity contribution is 7.92. The molecule has 33 heavy (non-hydrogen) atoms. The summed E-state index contributed by atoms with van der Waals surface area (Å²) in [4.78, 5) is 12.8. The zero-order valence-electron chi connectivity index (χ0n) is 19.1. The van der Waals surface area contributed by atoms with E-state index in [-0.39, 0.29) is 4.90 Å². The molecule has 3 aromatic carbocycles. The van der Waals surface area contributed by atoms with Crippen molar-refractivity contribution in [1.29, 1.82) is 0 Å². The Morgan fingerprint density at radius 1 is 0.970 bits per heavy atom. The smallest absolute Gasteiger partial charge is 0.264 e. The van der Waals surface area contributed by atoms with Crippen molar-refractivity contribution >= 4 is 27.3 Å². The Morgan fingerprint density at radius 2 is 1.58 bits per heavy atom. The monoisotopic (exact) mass is 465 g/mol. The van der Waals surface area contributed by atoms with E-state index in [1.54, 1.807) is 43.3 Å². The number of carbonyl (C=O) groups is 1. The summed E-state index contributed by atoms with van der Waals surface area (Å²) in [5.74, 6) is -0.0924. The molecule has 0 aromatic heterocycles. The molecule has 0 aliphatic heterocycles. The molecule has 7 nitrogen and oxygen atoms in total. The van der Waals surface area contributed by atoms with Gasteiger partial charge in [-0.15, -0.1) is 0 Å². The second kappa shape index (κ2) is 10.3. The Bertz CT molecular complexity index is 1250. The zero-order chi connectivity index (χ0) is 24.0. The predicted octanol–water partition coefficient (Wildman–Crippen LogP) is 4.05. The maximum absolute atomic E-state index is 13.4. The molecule has 3 aromatic rings. The Kier molecular flexibility index (Phi) is 7.50. The summed E-state index contributed by atoms with van der Waals surface area (Å²) in [6.45, 7) is 5.18. The molecule has 0 spiro atoms. The largest absolute Gasteiger partial charge is 0.497 e. The van der Waals surface area contributed by atoms with Crippen molar-refractivity contribution in [2.45, 2.75) is 25.7 Å². The number of ether oxygens (including phenoxy) is 1. The van der Waals surface area contributed by atoms with Crippen LogP contribution in [0.2, 0.25) is 0 Å². The highest BCUT2D eigenvalue weighted by atomic mass is 32.2. The molecular formula is C25H27N3O4S. The first-order valence-corrected chi connectivity index (χ1v) is 11.8. The van der Waals surface area contributed by atoms with Crippen LogP contribution in [0.15, 0.2) is 82.8 Å². The fourth-order valence-corrected chi connectivity index (χ4v) is 4.50. The van der Waals surface area contributed by atoms with Crippen LogP contribution in [-0.2, 0) is 14.8 Å². The Hall–Kier alpha value is -3.65. The lowest BCUT2D eigenvalue weighted by Gasteiger charge is -2.24. The number of sulfonamides is 1. The lowest BCUT2D eigenvalue weighted by molar-refractivity contribution is -0.119. The number of methoxy groups -OCH3 is 1. The second-order valence-corrected chi connectivity index (χ2v) is 9.49. The van der Waals surface area contributed by atoms with Crippen molar-refractivity contribution in [3.8, 4) is 5.75 Å². The Morgan fingerprint density at radius 3 is 2.18 bits per heavy atom. The van der Waals surface area contributed by atoms with E-state index in [0.717, 1.165) is 21.0 Å². The van der Waals surface area contributed by atoms with Crippen LogP contribution in [0.25, 0.3) is 0 Å². The maximum atomic E-state index is 13.4. The minimum atomic E-state index is -4.02. The topological polar surface area (TPSA) is 88.1 Å². The van der Waals surface area contributed by atoms with Crippen LogP contribution >= 0.6 is 0 Å². The van der Waals surface area contributed by atoms with Gasteiger partial charge in [-0.25, -0.2) is 13.8 Å². The molecule has 0 aliphatic carbocycles. The number of amides is 1. The fourth-order valence-electron chi connectivity index (χ4n) is 3.09. The van der Waals surface area contributed by atoms with Crippen molar-refractivity contribution in [2.24, 2.45) is 5.10 Å². The van der Waals surface area contributed by atoms with Crippen molar-refractivity contribution < 1.29 is 17.9 Å². The average molecular weight is 466 g/mol. The standard InChI is InChI=1S/C25H27N3O4S/c1-18-8-12-21(13-9-18)20(3)26-27-25(29)17-28(22-6-5-7-23(16-22)32-4)33(30,31)24-14-10-19(2)11-15-24/h5-16H,17H2,1-4H3,(H,27,29)/b26-20-. The molecule has 8 heteroatoms. The van der Waals surface area contributed by atoms with Crippen molar-refractivity contribution in [3.05, 3.63) is 89.5 Å². The second-order valence-electron chi connectivity index (χ2n) is 7.62. The summed E-state index contributed by atoms with van der Waals surface area (Å²) < 4.78 is 33.2. The van der Waals surface area contributed by atoms with Crippen molar-refractivity contribution in [1.82, 2.24) is 5.43 Å². The fraction of sp³-hybridized carbons (Fsp3) is 0.200. The molecule has 0 fully saturated rings. The molecular weight excluding hydrogens is 438 g/mol. The van der Waals surface area contributed by atoms with Gasteiger partial charge in [0, 0.05) is 6.07 Å². The number of rotatable bonds is 8. The maximum Gasteiger partial charge on any atom is 0.264 e. The highest BCUT2D eigenvalue weighted by Gasteiger charge is 2.27. The quantitative estimate of drug-likeness (QED) is 0.402. The van der Waals surface area contributed by atoms with E-state index in [0.29, 0.717) is 17.1 Å². The van der Waals surface area contributed by atoms with Gasteiger partial charge in [-0.05, 0) is 50.6 Å². The molecule has 172 valence electrons. The molecule has 0 saturated heterocycles. The van der Waals surface area contributed by atoms with Crippen LogP contribution in [0.5, 0.6) is 5.75 Å². The third kappa shape index (κ3) is 5.98. The Labute approximate surface area is 194 Å². The van der Waals surface area contributed by atoms with E-state index >= 15 is 0 Å². The van der Waals surface area contributed by atoms with Crippen LogP contribution in [-0.4, -0.2) is 33.7 Å². The number of nitrogens with zero attached hydrogens (tertiary/aromatic N) is 2. The van der Waals surface area contributed by atoms with Crippen LogP contribution in [0.3, 0.4) is 0 Å². The zero-order valence-corrected chi connectivity index (χ0v) is 19.9. The van der Waals surface area contributed by atoms with Gasteiger partial charge in [-0.3, -0.25) is 9.10 Å². The summed E-state index contributed by atoms with van der Waals surface area (Å²) in [6.07, 6.45) is 0. The highest BCUT2D eigenvalue weighted by Crippen LogP contribution is 2.27. The number of hydrogen-bond acceptors (Lipinski definition) is 5. The molecule has 0 unspecified atom stereocenters. The average Bonchev–Trinajstić information content (AvgIpc) is 2.81. The first-order valence-electron chi connectivity index (χ1n) is 10.3. The molecule has 1 amide bonds. The number of hydrogen-bond donors (Lipinski definition) is 1. The van der Waals surface area contributed by atoms with E-state index in [2.05, 4.69) is 10.5 Å². The number of anilines is 1. The minimum Gasteiger partial charge on any atom is -0.497 e. The summed E-state index contributed by atoms with van der Waals surface area (Å²) >= 11 is 0. The van der Waals surface area contributed by atoms with Crippen LogP contribution in [0.1, 0.15) is 23.6 Å². The van der Waals surface area contributed by atoms with Gasteiger partial charge < -0.3 is 4.74 Å². The predicted molar refractivity (Wildman–Crippen MR) is 130 cm³/mol. The first kappa shape index (κ1) is 24.0. The van der Waals surface area contributed by atoms with Crippen LogP contribution in [0.4, 0.5) is 5.69 Å². The van der Waals surface area contributed by atoms with Crippen LogP contribution < -0.4 is 14.5 Å². The van der Waals surface area contributed by atoms with Crippen molar-refractivity contribution in [3.63, 3.8) is 0 Å².